The van der Waals surface area contributed by atoms with E-state index in [4.69, 9.17) is 9.47 Å². The molecule has 0 fully saturated rings. The number of likely N-dealkylation sites (N-methyl/N-ethyl adjacent to an activating group) is 1. The molecule has 1 heterocycles. The van der Waals surface area contributed by atoms with Crippen LogP contribution in [0.1, 0.15) is 29.8 Å². The number of amides is 1. The Labute approximate surface area is 226 Å². The summed E-state index contributed by atoms with van der Waals surface area (Å²) in [5, 5.41) is 9.87. The van der Waals surface area contributed by atoms with Crippen molar-refractivity contribution in [3.63, 3.8) is 0 Å². The summed E-state index contributed by atoms with van der Waals surface area (Å²) in [6, 6.07) is 23.4. The van der Waals surface area contributed by atoms with Crippen molar-refractivity contribution in [3.05, 3.63) is 83.9 Å². The van der Waals surface area contributed by atoms with E-state index < -0.39 is 0 Å². The maximum atomic E-state index is 13.5. The van der Waals surface area contributed by atoms with Crippen LogP contribution in [0.15, 0.2) is 72.8 Å². The molecule has 1 aliphatic heterocycles. The van der Waals surface area contributed by atoms with E-state index in [2.05, 4.69) is 31.0 Å². The van der Waals surface area contributed by atoms with Gasteiger partial charge in [-0.2, -0.15) is 0 Å². The van der Waals surface area contributed by atoms with Crippen molar-refractivity contribution >= 4 is 11.6 Å². The molecule has 3 aromatic rings. The third-order valence-corrected chi connectivity index (χ3v) is 7.01. The average molecular weight is 518 g/mol. The molecule has 0 radical (unpaired) electrons. The van der Waals surface area contributed by atoms with Gasteiger partial charge in [-0.25, -0.2) is 0 Å². The SMILES string of the molecule is C[C@@H]1CN([C@@H](C)CO)C(=O)c2cc(N(C)C)ccc2O[C@H]1CN(C)Cc1ccc(Oc2ccccc2)cc1. The molecule has 0 saturated carbocycles. The highest BCUT2D eigenvalue weighted by molar-refractivity contribution is 5.98. The van der Waals surface area contributed by atoms with Crippen LogP contribution in [-0.4, -0.2) is 73.8 Å². The fraction of sp³-hybridized carbons (Fsp3) is 0.387. The Balaban J connectivity index is 1.49. The van der Waals surface area contributed by atoms with Crippen LogP contribution in [0, 0.1) is 5.92 Å². The van der Waals surface area contributed by atoms with Crippen molar-refractivity contribution in [2.24, 2.45) is 5.92 Å². The molecular weight excluding hydrogens is 478 g/mol. The molecule has 0 unspecified atom stereocenters. The monoisotopic (exact) mass is 517 g/mol. The van der Waals surface area contributed by atoms with E-state index in [9.17, 15) is 9.90 Å². The number of rotatable bonds is 9. The van der Waals surface area contributed by atoms with E-state index in [0.29, 0.717) is 24.4 Å². The highest BCUT2D eigenvalue weighted by Gasteiger charge is 2.33. The zero-order valence-corrected chi connectivity index (χ0v) is 23.0. The first-order chi connectivity index (χ1) is 18.2. The minimum atomic E-state index is -0.283. The van der Waals surface area contributed by atoms with Crippen LogP contribution in [0.5, 0.6) is 17.2 Å². The van der Waals surface area contributed by atoms with Crippen LogP contribution < -0.4 is 14.4 Å². The lowest BCUT2D eigenvalue weighted by Gasteiger charge is -2.38. The van der Waals surface area contributed by atoms with E-state index in [1.54, 1.807) is 4.90 Å². The predicted molar refractivity (Wildman–Crippen MR) is 151 cm³/mol. The van der Waals surface area contributed by atoms with Gasteiger partial charge in [0.1, 0.15) is 23.4 Å². The second-order valence-corrected chi connectivity index (χ2v) is 10.5. The predicted octanol–water partition coefficient (Wildman–Crippen LogP) is 4.90. The molecule has 0 spiro atoms. The Morgan fingerprint density at radius 3 is 2.37 bits per heavy atom. The van der Waals surface area contributed by atoms with E-state index in [1.165, 1.54) is 5.56 Å². The summed E-state index contributed by atoms with van der Waals surface area (Å²) >= 11 is 0. The van der Waals surface area contributed by atoms with Crippen molar-refractivity contribution in [2.45, 2.75) is 32.5 Å². The number of ether oxygens (including phenoxy) is 2. The fourth-order valence-electron chi connectivity index (χ4n) is 4.68. The molecule has 1 aliphatic rings. The van der Waals surface area contributed by atoms with Crippen LogP contribution in [0.25, 0.3) is 0 Å². The summed E-state index contributed by atoms with van der Waals surface area (Å²) in [5.74, 6) is 2.16. The molecule has 7 nitrogen and oxygen atoms in total. The Bertz CT molecular complexity index is 1200. The van der Waals surface area contributed by atoms with E-state index in [-0.39, 0.29) is 30.6 Å². The second-order valence-electron chi connectivity index (χ2n) is 10.5. The summed E-state index contributed by atoms with van der Waals surface area (Å²) < 4.78 is 12.4. The summed E-state index contributed by atoms with van der Waals surface area (Å²) in [6.45, 7) is 5.85. The third kappa shape index (κ3) is 6.65. The molecule has 1 N–H and O–H groups in total. The van der Waals surface area contributed by atoms with Gasteiger partial charge in [0.25, 0.3) is 5.91 Å². The maximum absolute atomic E-state index is 13.5. The lowest BCUT2D eigenvalue weighted by Crippen LogP contribution is -2.49. The normalized spacial score (nSPS) is 18.3. The quantitative estimate of drug-likeness (QED) is 0.436. The summed E-state index contributed by atoms with van der Waals surface area (Å²) in [5.41, 5.74) is 2.64. The van der Waals surface area contributed by atoms with E-state index in [1.807, 2.05) is 86.6 Å². The number of hydrogen-bond donors (Lipinski definition) is 1. The molecule has 1 amide bonds. The number of hydrogen-bond acceptors (Lipinski definition) is 6. The molecule has 3 atom stereocenters. The van der Waals surface area contributed by atoms with Crippen molar-refractivity contribution < 1.29 is 19.4 Å². The van der Waals surface area contributed by atoms with Gasteiger partial charge < -0.3 is 24.4 Å². The molecule has 7 heteroatoms. The minimum absolute atomic E-state index is 0.0683. The Hall–Kier alpha value is -3.55. The van der Waals surface area contributed by atoms with Gasteiger partial charge in [-0.1, -0.05) is 37.3 Å². The topological polar surface area (TPSA) is 65.5 Å². The van der Waals surface area contributed by atoms with Gasteiger partial charge in [0, 0.05) is 45.3 Å². The first-order valence-corrected chi connectivity index (χ1v) is 13.2. The maximum Gasteiger partial charge on any atom is 0.258 e. The number of nitrogens with zero attached hydrogens (tertiary/aromatic N) is 3. The highest BCUT2D eigenvalue weighted by Crippen LogP contribution is 2.31. The van der Waals surface area contributed by atoms with Gasteiger partial charge in [-0.05, 0) is 62.0 Å². The van der Waals surface area contributed by atoms with Gasteiger partial charge in [-0.3, -0.25) is 9.69 Å². The minimum Gasteiger partial charge on any atom is -0.488 e. The van der Waals surface area contributed by atoms with Crippen molar-refractivity contribution in [2.75, 3.05) is 45.7 Å². The van der Waals surface area contributed by atoms with Crippen LogP contribution in [0.3, 0.4) is 0 Å². The zero-order valence-electron chi connectivity index (χ0n) is 23.0. The Morgan fingerprint density at radius 2 is 1.71 bits per heavy atom. The van der Waals surface area contributed by atoms with Crippen LogP contribution in [0.2, 0.25) is 0 Å². The van der Waals surface area contributed by atoms with Crippen molar-refractivity contribution in [1.29, 1.82) is 0 Å². The highest BCUT2D eigenvalue weighted by atomic mass is 16.5. The smallest absolute Gasteiger partial charge is 0.258 e. The summed E-state index contributed by atoms with van der Waals surface area (Å²) in [6.07, 6.45) is -0.133. The Morgan fingerprint density at radius 1 is 1.03 bits per heavy atom. The van der Waals surface area contributed by atoms with Gasteiger partial charge in [0.2, 0.25) is 0 Å². The largest absolute Gasteiger partial charge is 0.488 e. The number of aliphatic hydroxyl groups is 1. The number of carbonyl (C=O) groups is 1. The number of para-hydroxylation sites is 1. The second kappa shape index (κ2) is 12.3. The van der Waals surface area contributed by atoms with Gasteiger partial charge in [0.15, 0.2) is 0 Å². The standard InChI is InChI=1S/C31H39N3O4/c1-22-18-34(23(2)21-35)31(36)28-17-25(32(3)4)13-16-29(28)38-30(22)20-33(5)19-24-11-14-27(15-12-24)37-26-9-7-6-8-10-26/h6-17,22-23,30,35H,18-21H2,1-5H3/t22-,23+,30+/m1/s1. The van der Waals surface area contributed by atoms with Crippen molar-refractivity contribution in [1.82, 2.24) is 9.80 Å². The van der Waals surface area contributed by atoms with Crippen LogP contribution in [0.4, 0.5) is 5.69 Å². The van der Waals surface area contributed by atoms with Gasteiger partial charge in [0.05, 0.1) is 18.2 Å². The average Bonchev–Trinajstić information content (AvgIpc) is 2.91. The van der Waals surface area contributed by atoms with Gasteiger partial charge >= 0.3 is 0 Å². The number of aliphatic hydroxyl groups excluding tert-OH is 1. The number of carbonyl (C=O) groups excluding carboxylic acids is 1. The fourth-order valence-corrected chi connectivity index (χ4v) is 4.68. The summed E-state index contributed by atoms with van der Waals surface area (Å²) in [7, 11) is 5.98. The molecule has 0 saturated heterocycles. The van der Waals surface area contributed by atoms with Crippen LogP contribution in [-0.2, 0) is 6.54 Å². The third-order valence-electron chi connectivity index (χ3n) is 7.01. The molecular formula is C31H39N3O4. The first kappa shape index (κ1) is 27.5. The van der Waals surface area contributed by atoms with Crippen molar-refractivity contribution in [3.8, 4) is 17.2 Å². The molecule has 4 rings (SSSR count). The molecule has 0 aromatic heterocycles. The molecule has 38 heavy (non-hydrogen) atoms. The number of anilines is 1. The molecule has 3 aromatic carbocycles. The van der Waals surface area contributed by atoms with Gasteiger partial charge in [-0.15, -0.1) is 0 Å². The Kier molecular flexibility index (Phi) is 8.92. The van der Waals surface area contributed by atoms with E-state index >= 15 is 0 Å². The van der Waals surface area contributed by atoms with Crippen LogP contribution >= 0.6 is 0 Å². The van der Waals surface area contributed by atoms with E-state index in [0.717, 1.165) is 23.7 Å². The lowest BCUT2D eigenvalue weighted by molar-refractivity contribution is 0.0341. The first-order valence-electron chi connectivity index (χ1n) is 13.2. The molecule has 202 valence electrons. The molecule has 0 aliphatic carbocycles. The number of fused-ring (bicyclic) bond motifs is 1. The number of benzene rings is 3. The lowest BCUT2D eigenvalue weighted by atomic mass is 9.99. The summed E-state index contributed by atoms with van der Waals surface area (Å²) in [4.78, 5) is 19.5. The zero-order chi connectivity index (χ0) is 27.2. The molecule has 0 bridgehead atoms.